The molecule has 16 heavy (non-hydrogen) atoms. The largest absolute Gasteiger partial charge is 0.485 e. The lowest BCUT2D eigenvalue weighted by atomic mass is 9.90. The Morgan fingerprint density at radius 3 is 2.88 bits per heavy atom. The van der Waals surface area contributed by atoms with Crippen molar-refractivity contribution in [2.45, 2.75) is 18.6 Å². The third-order valence-electron chi connectivity index (χ3n) is 2.48. The van der Waals surface area contributed by atoms with E-state index >= 15 is 0 Å². The molecule has 1 saturated carbocycles. The van der Waals surface area contributed by atoms with Crippen LogP contribution in [0.1, 0.15) is 6.42 Å². The maximum Gasteiger partial charge on any atom is 0.169 e. The number of hydrogen-bond acceptors (Lipinski definition) is 3. The minimum atomic E-state index is -0.532. The van der Waals surface area contributed by atoms with Gasteiger partial charge in [-0.1, -0.05) is 0 Å². The van der Waals surface area contributed by atoms with Gasteiger partial charge in [-0.25, -0.2) is 4.39 Å². The molecular formula is C11H10BrFO3. The molecule has 1 aliphatic carbocycles. The molecule has 1 aromatic carbocycles. The molecule has 0 amide bonds. The quantitative estimate of drug-likeness (QED) is 0.856. The molecule has 1 fully saturated rings. The first kappa shape index (κ1) is 11.5. The lowest BCUT2D eigenvalue weighted by Crippen LogP contribution is -2.51. The van der Waals surface area contributed by atoms with Gasteiger partial charge < -0.3 is 9.47 Å². The number of carbonyl (C=O) groups excluding carboxylic acids is 1. The van der Waals surface area contributed by atoms with Crippen LogP contribution in [0, 0.1) is 5.82 Å². The van der Waals surface area contributed by atoms with Crippen molar-refractivity contribution in [1.29, 1.82) is 0 Å². The van der Waals surface area contributed by atoms with Gasteiger partial charge in [0.05, 0.1) is 4.47 Å². The van der Waals surface area contributed by atoms with Crippen molar-refractivity contribution in [2.24, 2.45) is 0 Å². The predicted molar refractivity (Wildman–Crippen MR) is 58.9 cm³/mol. The predicted octanol–water partition coefficient (Wildman–Crippen LogP) is 2.32. The molecule has 86 valence electrons. The Morgan fingerprint density at radius 2 is 2.25 bits per heavy atom. The Labute approximate surface area is 101 Å². The van der Waals surface area contributed by atoms with Gasteiger partial charge in [-0.05, 0) is 28.1 Å². The number of Topliss-reactive ketones (excluding diaryl/α,β-unsaturated/α-hetero) is 1. The second-order valence-electron chi connectivity index (χ2n) is 3.56. The number of ether oxygens (including phenoxy) is 2. The van der Waals surface area contributed by atoms with Gasteiger partial charge in [-0.2, -0.15) is 0 Å². The number of methoxy groups -OCH3 is 1. The number of rotatable bonds is 3. The highest BCUT2D eigenvalue weighted by atomic mass is 79.9. The SMILES string of the molecule is COC1C(=O)CC1Oc1cc(F)ccc1Br. The van der Waals surface area contributed by atoms with E-state index in [1.807, 2.05) is 0 Å². The molecule has 0 saturated heterocycles. The van der Waals surface area contributed by atoms with Gasteiger partial charge >= 0.3 is 0 Å². The molecule has 0 bridgehead atoms. The zero-order chi connectivity index (χ0) is 11.7. The second kappa shape index (κ2) is 4.51. The zero-order valence-corrected chi connectivity index (χ0v) is 10.2. The highest BCUT2D eigenvalue weighted by Crippen LogP contribution is 2.31. The van der Waals surface area contributed by atoms with Gasteiger partial charge in [-0.3, -0.25) is 4.79 Å². The smallest absolute Gasteiger partial charge is 0.169 e. The monoisotopic (exact) mass is 288 g/mol. The van der Waals surface area contributed by atoms with Crippen molar-refractivity contribution in [1.82, 2.24) is 0 Å². The summed E-state index contributed by atoms with van der Waals surface area (Å²) in [5.41, 5.74) is 0. The number of carbonyl (C=O) groups is 1. The highest BCUT2D eigenvalue weighted by Gasteiger charge is 2.42. The molecular weight excluding hydrogens is 279 g/mol. The Hall–Kier alpha value is -0.940. The van der Waals surface area contributed by atoms with E-state index in [0.717, 1.165) is 0 Å². The fraction of sp³-hybridized carbons (Fsp3) is 0.364. The highest BCUT2D eigenvalue weighted by molar-refractivity contribution is 9.10. The van der Waals surface area contributed by atoms with Gasteiger partial charge in [0.1, 0.15) is 17.7 Å². The molecule has 2 rings (SSSR count). The Kier molecular flexibility index (Phi) is 3.25. The summed E-state index contributed by atoms with van der Waals surface area (Å²) in [4.78, 5) is 11.1. The topological polar surface area (TPSA) is 35.5 Å². The van der Waals surface area contributed by atoms with Crippen LogP contribution in [0.15, 0.2) is 22.7 Å². The third-order valence-corrected chi connectivity index (χ3v) is 3.14. The second-order valence-corrected chi connectivity index (χ2v) is 4.41. The average Bonchev–Trinajstić information content (AvgIpc) is 2.23. The Balaban J connectivity index is 2.10. The van der Waals surface area contributed by atoms with Gasteiger partial charge in [0.2, 0.25) is 0 Å². The fourth-order valence-electron chi connectivity index (χ4n) is 1.59. The van der Waals surface area contributed by atoms with Crippen molar-refractivity contribution in [3.05, 3.63) is 28.5 Å². The van der Waals surface area contributed by atoms with Crippen LogP contribution in [0.4, 0.5) is 4.39 Å². The number of benzene rings is 1. The number of hydrogen-bond donors (Lipinski definition) is 0. The summed E-state index contributed by atoms with van der Waals surface area (Å²) in [6, 6.07) is 4.17. The molecule has 1 aliphatic rings. The fourth-order valence-corrected chi connectivity index (χ4v) is 1.93. The molecule has 0 aliphatic heterocycles. The Morgan fingerprint density at radius 1 is 1.50 bits per heavy atom. The first-order valence-electron chi connectivity index (χ1n) is 4.79. The van der Waals surface area contributed by atoms with E-state index in [-0.39, 0.29) is 17.7 Å². The minimum absolute atomic E-state index is 0.0139. The maximum atomic E-state index is 13.0. The lowest BCUT2D eigenvalue weighted by molar-refractivity contribution is -0.151. The van der Waals surface area contributed by atoms with Gasteiger partial charge in [-0.15, -0.1) is 0 Å². The third kappa shape index (κ3) is 2.10. The van der Waals surface area contributed by atoms with Crippen LogP contribution in [0.25, 0.3) is 0 Å². The van der Waals surface area contributed by atoms with Crippen LogP contribution < -0.4 is 4.74 Å². The molecule has 0 aromatic heterocycles. The number of halogens is 2. The summed E-state index contributed by atoms with van der Waals surface area (Å²) >= 11 is 3.25. The number of ketones is 1. The van der Waals surface area contributed by atoms with E-state index in [0.29, 0.717) is 16.6 Å². The van der Waals surface area contributed by atoms with Crippen LogP contribution in [-0.4, -0.2) is 25.1 Å². The summed E-state index contributed by atoms with van der Waals surface area (Å²) in [5, 5.41) is 0. The van der Waals surface area contributed by atoms with Gasteiger partial charge in [0, 0.05) is 19.6 Å². The van der Waals surface area contributed by atoms with Crippen LogP contribution in [0.3, 0.4) is 0 Å². The molecule has 2 atom stereocenters. The lowest BCUT2D eigenvalue weighted by Gasteiger charge is -2.33. The molecule has 0 heterocycles. The standard InChI is InChI=1S/C11H10BrFO3/c1-15-11-8(14)5-10(11)16-9-4-6(13)2-3-7(9)12/h2-4,10-11H,5H2,1H3. The summed E-state index contributed by atoms with van der Waals surface area (Å²) in [6.45, 7) is 0. The van der Waals surface area contributed by atoms with E-state index in [2.05, 4.69) is 15.9 Å². The van der Waals surface area contributed by atoms with Crippen LogP contribution in [0.2, 0.25) is 0 Å². The first-order chi connectivity index (χ1) is 7.61. The Bertz CT molecular complexity index is 422. The normalized spacial score (nSPS) is 24.1. The molecule has 3 nitrogen and oxygen atoms in total. The first-order valence-corrected chi connectivity index (χ1v) is 5.58. The van der Waals surface area contributed by atoms with Crippen molar-refractivity contribution in [2.75, 3.05) is 7.11 Å². The summed E-state index contributed by atoms with van der Waals surface area (Å²) in [5.74, 6) is 0.0254. The van der Waals surface area contributed by atoms with Crippen LogP contribution in [0.5, 0.6) is 5.75 Å². The van der Waals surface area contributed by atoms with E-state index in [1.165, 1.54) is 19.2 Å². The van der Waals surface area contributed by atoms with Crippen molar-refractivity contribution in [3.63, 3.8) is 0 Å². The maximum absolute atomic E-state index is 13.0. The minimum Gasteiger partial charge on any atom is -0.485 e. The summed E-state index contributed by atoms with van der Waals surface area (Å²) < 4.78 is 24.1. The van der Waals surface area contributed by atoms with Crippen LogP contribution >= 0.6 is 15.9 Å². The summed E-state index contributed by atoms with van der Waals surface area (Å²) in [6.07, 6.45) is -0.549. The van der Waals surface area contributed by atoms with Crippen molar-refractivity contribution in [3.8, 4) is 5.75 Å². The summed E-state index contributed by atoms with van der Waals surface area (Å²) in [7, 11) is 1.46. The van der Waals surface area contributed by atoms with Crippen molar-refractivity contribution >= 4 is 21.7 Å². The van der Waals surface area contributed by atoms with Gasteiger partial charge in [0.25, 0.3) is 0 Å². The van der Waals surface area contributed by atoms with E-state index in [4.69, 9.17) is 9.47 Å². The molecule has 0 spiro atoms. The molecule has 2 unspecified atom stereocenters. The molecule has 5 heteroatoms. The van der Waals surface area contributed by atoms with Gasteiger partial charge in [0.15, 0.2) is 11.9 Å². The van der Waals surface area contributed by atoms with Crippen LogP contribution in [-0.2, 0) is 9.53 Å². The molecule has 1 aromatic rings. The molecule has 0 radical (unpaired) electrons. The van der Waals surface area contributed by atoms with E-state index in [1.54, 1.807) is 6.07 Å². The zero-order valence-electron chi connectivity index (χ0n) is 8.57. The van der Waals surface area contributed by atoms with Crippen molar-refractivity contribution < 1.29 is 18.7 Å². The molecule has 0 N–H and O–H groups in total. The average molecular weight is 289 g/mol. The van der Waals surface area contributed by atoms with E-state index in [9.17, 15) is 9.18 Å². The van der Waals surface area contributed by atoms with E-state index < -0.39 is 6.10 Å².